The first-order chi connectivity index (χ1) is 8.56. The van der Waals surface area contributed by atoms with Gasteiger partial charge in [-0.1, -0.05) is 13.0 Å². The molecule has 0 radical (unpaired) electrons. The van der Waals surface area contributed by atoms with Crippen LogP contribution in [0.5, 0.6) is 11.5 Å². The summed E-state index contributed by atoms with van der Waals surface area (Å²) in [6.07, 6.45) is 1.50. The topological polar surface area (TPSA) is 35.5 Å². The highest BCUT2D eigenvalue weighted by Gasteiger charge is 2.10. The average Bonchev–Trinajstić information content (AvgIpc) is 2.30. The largest absolute Gasteiger partial charge is 0.493 e. The van der Waals surface area contributed by atoms with Gasteiger partial charge in [-0.2, -0.15) is 0 Å². The molecule has 1 rings (SSSR count). The molecule has 0 amide bonds. The maximum absolute atomic E-state index is 11.1. The zero-order valence-corrected chi connectivity index (χ0v) is 11.7. The van der Waals surface area contributed by atoms with E-state index in [4.69, 9.17) is 9.47 Å². The number of carbonyl (C=O) groups is 1. The Kier molecular flexibility index (Phi) is 5.69. The lowest BCUT2D eigenvalue weighted by molar-refractivity contribution is -0.117. The van der Waals surface area contributed by atoms with Gasteiger partial charge in [0.15, 0.2) is 11.5 Å². The normalized spacial score (nSPS) is 12.0. The number of carbonyl (C=O) groups excluding carboxylic acids is 1. The minimum absolute atomic E-state index is 0.236. The summed E-state index contributed by atoms with van der Waals surface area (Å²) in [5.41, 5.74) is 1.17. The van der Waals surface area contributed by atoms with E-state index in [1.807, 2.05) is 25.1 Å². The fraction of sp³-hybridized carbons (Fsp3) is 0.533. The van der Waals surface area contributed by atoms with Crippen molar-refractivity contribution in [3.8, 4) is 11.5 Å². The third-order valence-corrected chi connectivity index (χ3v) is 2.75. The molecule has 3 heteroatoms. The quantitative estimate of drug-likeness (QED) is 0.745. The summed E-state index contributed by atoms with van der Waals surface area (Å²) in [7, 11) is 1.64. The molecule has 0 fully saturated rings. The summed E-state index contributed by atoms with van der Waals surface area (Å²) in [6, 6.07) is 5.95. The zero-order valence-electron chi connectivity index (χ0n) is 11.7. The van der Waals surface area contributed by atoms with Crippen molar-refractivity contribution in [2.75, 3.05) is 13.7 Å². The molecule has 0 aromatic heterocycles. The lowest BCUT2D eigenvalue weighted by atomic mass is 9.96. The molecular formula is C15H22O3. The summed E-state index contributed by atoms with van der Waals surface area (Å²) >= 11 is 0. The van der Waals surface area contributed by atoms with Crippen molar-refractivity contribution < 1.29 is 14.3 Å². The molecule has 0 aliphatic carbocycles. The molecule has 0 N–H and O–H groups in total. The van der Waals surface area contributed by atoms with Crippen molar-refractivity contribution in [3.05, 3.63) is 23.8 Å². The van der Waals surface area contributed by atoms with Crippen LogP contribution >= 0.6 is 0 Å². The fourth-order valence-corrected chi connectivity index (χ4v) is 2.08. The summed E-state index contributed by atoms with van der Waals surface area (Å²) in [5, 5.41) is 0. The van der Waals surface area contributed by atoms with Crippen molar-refractivity contribution in [1.82, 2.24) is 0 Å². The second-order valence-corrected chi connectivity index (χ2v) is 4.63. The van der Waals surface area contributed by atoms with E-state index < -0.39 is 0 Å². The zero-order chi connectivity index (χ0) is 13.5. The SMILES string of the molecule is CCOc1ccc(CC(C)CC(C)=O)cc1OC. The molecule has 3 nitrogen and oxygen atoms in total. The number of ether oxygens (including phenoxy) is 2. The van der Waals surface area contributed by atoms with E-state index in [2.05, 4.69) is 6.92 Å². The standard InChI is InChI=1S/C15H22O3/c1-5-18-14-7-6-13(10-15(14)17-4)9-11(2)8-12(3)16/h6-7,10-11H,5,8-9H2,1-4H3. The van der Waals surface area contributed by atoms with E-state index in [1.165, 1.54) is 5.56 Å². The second kappa shape index (κ2) is 7.04. The van der Waals surface area contributed by atoms with Gasteiger partial charge in [-0.3, -0.25) is 0 Å². The van der Waals surface area contributed by atoms with Crippen LogP contribution in [0.3, 0.4) is 0 Å². The molecule has 0 bridgehead atoms. The number of Topliss-reactive ketones (excluding diaryl/α,β-unsaturated/α-hetero) is 1. The van der Waals surface area contributed by atoms with Gasteiger partial charge in [0.1, 0.15) is 5.78 Å². The van der Waals surface area contributed by atoms with Gasteiger partial charge in [0.25, 0.3) is 0 Å². The van der Waals surface area contributed by atoms with Crippen molar-refractivity contribution in [1.29, 1.82) is 0 Å². The van der Waals surface area contributed by atoms with Crippen LogP contribution in [-0.4, -0.2) is 19.5 Å². The molecule has 0 aliphatic rings. The van der Waals surface area contributed by atoms with Gasteiger partial charge < -0.3 is 14.3 Å². The molecule has 0 saturated heterocycles. The molecule has 0 aliphatic heterocycles. The van der Waals surface area contributed by atoms with Gasteiger partial charge in [0.05, 0.1) is 13.7 Å². The van der Waals surface area contributed by atoms with E-state index in [0.717, 1.165) is 17.9 Å². The Morgan fingerprint density at radius 3 is 2.61 bits per heavy atom. The van der Waals surface area contributed by atoms with E-state index in [0.29, 0.717) is 18.9 Å². The number of hydrogen-bond donors (Lipinski definition) is 0. The Bertz CT molecular complexity index is 399. The molecule has 100 valence electrons. The van der Waals surface area contributed by atoms with E-state index >= 15 is 0 Å². The predicted molar refractivity (Wildman–Crippen MR) is 72.3 cm³/mol. The molecule has 1 aromatic rings. The lowest BCUT2D eigenvalue weighted by Gasteiger charge is -2.13. The first kappa shape index (κ1) is 14.6. The minimum Gasteiger partial charge on any atom is -0.493 e. The van der Waals surface area contributed by atoms with E-state index in [9.17, 15) is 4.79 Å². The highest BCUT2D eigenvalue weighted by molar-refractivity contribution is 5.75. The monoisotopic (exact) mass is 250 g/mol. The summed E-state index contributed by atoms with van der Waals surface area (Å²) < 4.78 is 10.8. The van der Waals surface area contributed by atoms with Crippen LogP contribution < -0.4 is 9.47 Å². The highest BCUT2D eigenvalue weighted by atomic mass is 16.5. The first-order valence-corrected chi connectivity index (χ1v) is 6.36. The molecule has 0 saturated carbocycles. The third-order valence-electron chi connectivity index (χ3n) is 2.75. The van der Waals surface area contributed by atoms with Crippen LogP contribution in [0.15, 0.2) is 18.2 Å². The van der Waals surface area contributed by atoms with Crippen LogP contribution in [-0.2, 0) is 11.2 Å². The Morgan fingerprint density at radius 2 is 2.06 bits per heavy atom. The van der Waals surface area contributed by atoms with E-state index in [1.54, 1.807) is 14.0 Å². The van der Waals surface area contributed by atoms with Gasteiger partial charge in [-0.25, -0.2) is 0 Å². The van der Waals surface area contributed by atoms with Gasteiger partial charge in [-0.15, -0.1) is 0 Å². The predicted octanol–water partition coefficient (Wildman–Crippen LogP) is 3.25. The highest BCUT2D eigenvalue weighted by Crippen LogP contribution is 2.29. The maximum Gasteiger partial charge on any atom is 0.161 e. The van der Waals surface area contributed by atoms with Gasteiger partial charge in [0, 0.05) is 6.42 Å². The molecule has 1 unspecified atom stereocenters. The fourth-order valence-electron chi connectivity index (χ4n) is 2.08. The van der Waals surface area contributed by atoms with Gasteiger partial charge >= 0.3 is 0 Å². The summed E-state index contributed by atoms with van der Waals surface area (Å²) in [5.74, 6) is 2.11. The molecule has 0 spiro atoms. The number of hydrogen-bond acceptors (Lipinski definition) is 3. The minimum atomic E-state index is 0.236. The molecule has 1 aromatic carbocycles. The third kappa shape index (κ3) is 4.40. The molecule has 18 heavy (non-hydrogen) atoms. The van der Waals surface area contributed by atoms with Crippen LogP contribution in [0.2, 0.25) is 0 Å². The van der Waals surface area contributed by atoms with Crippen LogP contribution in [0.1, 0.15) is 32.8 Å². The van der Waals surface area contributed by atoms with Gasteiger partial charge in [-0.05, 0) is 43.9 Å². The van der Waals surface area contributed by atoms with Crippen molar-refractivity contribution in [3.63, 3.8) is 0 Å². The Hall–Kier alpha value is -1.51. The number of benzene rings is 1. The first-order valence-electron chi connectivity index (χ1n) is 6.36. The molecular weight excluding hydrogens is 228 g/mol. The van der Waals surface area contributed by atoms with Crippen LogP contribution in [0, 0.1) is 5.92 Å². The lowest BCUT2D eigenvalue weighted by Crippen LogP contribution is -2.05. The Labute approximate surface area is 109 Å². The summed E-state index contributed by atoms with van der Waals surface area (Å²) in [4.78, 5) is 11.1. The second-order valence-electron chi connectivity index (χ2n) is 4.63. The number of methoxy groups -OCH3 is 1. The molecule has 1 atom stereocenters. The smallest absolute Gasteiger partial charge is 0.161 e. The maximum atomic E-state index is 11.1. The Morgan fingerprint density at radius 1 is 1.33 bits per heavy atom. The van der Waals surface area contributed by atoms with Crippen LogP contribution in [0.25, 0.3) is 0 Å². The van der Waals surface area contributed by atoms with E-state index in [-0.39, 0.29) is 5.78 Å². The number of rotatable bonds is 7. The Balaban J connectivity index is 2.75. The average molecular weight is 250 g/mol. The number of ketones is 1. The van der Waals surface area contributed by atoms with Crippen molar-refractivity contribution in [2.45, 2.75) is 33.6 Å². The summed E-state index contributed by atoms with van der Waals surface area (Å²) in [6.45, 7) is 6.29. The molecule has 0 heterocycles. The van der Waals surface area contributed by atoms with Crippen LogP contribution in [0.4, 0.5) is 0 Å². The van der Waals surface area contributed by atoms with Crippen molar-refractivity contribution in [2.24, 2.45) is 5.92 Å². The van der Waals surface area contributed by atoms with Crippen molar-refractivity contribution >= 4 is 5.78 Å². The van der Waals surface area contributed by atoms with Gasteiger partial charge in [0.2, 0.25) is 0 Å².